The van der Waals surface area contributed by atoms with Gasteiger partial charge in [-0.25, -0.2) is 0 Å². The largest absolute Gasteiger partial charge is 0.342 e. The third kappa shape index (κ3) is 3.56. The molecule has 6 heteroatoms. The van der Waals surface area contributed by atoms with Crippen LogP contribution in [0.4, 0.5) is 4.39 Å². The number of rotatable bonds is 6. The summed E-state index contributed by atoms with van der Waals surface area (Å²) >= 11 is 0. The Labute approximate surface area is 137 Å². The molecule has 2 aliphatic heterocycles. The molecule has 1 spiro atoms. The zero-order chi connectivity index (χ0) is 17.0. The van der Waals surface area contributed by atoms with Gasteiger partial charge in [-0.05, 0) is 33.1 Å². The van der Waals surface area contributed by atoms with Gasteiger partial charge in [0, 0.05) is 25.6 Å². The Morgan fingerprint density at radius 3 is 2.52 bits per heavy atom. The molecule has 2 rings (SSSR count). The first-order valence-electron chi connectivity index (χ1n) is 8.71. The predicted molar refractivity (Wildman–Crippen MR) is 88.1 cm³/mol. The summed E-state index contributed by atoms with van der Waals surface area (Å²) in [6, 6.07) is 0.101. The van der Waals surface area contributed by atoms with Gasteiger partial charge in [-0.3, -0.25) is 23.9 Å². The first kappa shape index (κ1) is 17.9. The number of hydrogen-bond donors (Lipinski definition) is 0. The third-order valence-electron chi connectivity index (χ3n) is 4.76. The van der Waals surface area contributed by atoms with Gasteiger partial charge < -0.3 is 4.90 Å². The van der Waals surface area contributed by atoms with Crippen molar-refractivity contribution in [1.29, 1.82) is 0 Å². The number of carbonyl (C=O) groups is 2. The first-order chi connectivity index (χ1) is 10.9. The second-order valence-electron chi connectivity index (χ2n) is 6.75. The van der Waals surface area contributed by atoms with Gasteiger partial charge in [0.15, 0.2) is 0 Å². The molecule has 0 atom stereocenters. The maximum atomic E-state index is 12.9. The topological polar surface area (TPSA) is 53.0 Å². The highest BCUT2D eigenvalue weighted by atomic mass is 19.1. The van der Waals surface area contributed by atoms with Gasteiger partial charge in [0.05, 0.1) is 13.1 Å². The highest BCUT2D eigenvalue weighted by molar-refractivity contribution is 6.08. The lowest BCUT2D eigenvalue weighted by molar-refractivity contribution is -0.139. The Bertz CT molecular complexity index is 482. The van der Waals surface area contributed by atoms with Crippen LogP contribution < -0.4 is 0 Å². The Hall–Kier alpha value is -1.46. The van der Waals surface area contributed by atoms with Crippen molar-refractivity contribution in [2.75, 3.05) is 19.8 Å². The molecule has 2 amide bonds. The minimum atomic E-state index is -0.695. The molecule has 2 heterocycles. The lowest BCUT2D eigenvalue weighted by atomic mass is 9.87. The Kier molecular flexibility index (Phi) is 5.76. The van der Waals surface area contributed by atoms with Crippen molar-refractivity contribution >= 4 is 17.6 Å². The van der Waals surface area contributed by atoms with Crippen molar-refractivity contribution in [3.8, 4) is 0 Å². The Morgan fingerprint density at radius 1 is 1.35 bits per heavy atom. The molecule has 0 aliphatic carbocycles. The van der Waals surface area contributed by atoms with Gasteiger partial charge >= 0.3 is 0 Å². The van der Waals surface area contributed by atoms with E-state index >= 15 is 0 Å². The minimum Gasteiger partial charge on any atom is -0.342 e. The number of aliphatic imine (C=N–C) groups is 1. The molecule has 1 fully saturated rings. The van der Waals surface area contributed by atoms with Crippen molar-refractivity contribution in [3.05, 3.63) is 0 Å². The van der Waals surface area contributed by atoms with Crippen molar-refractivity contribution in [2.24, 2.45) is 4.99 Å². The molecule has 0 N–H and O–H groups in total. The molecule has 0 aromatic heterocycles. The van der Waals surface area contributed by atoms with E-state index in [4.69, 9.17) is 4.99 Å². The molecule has 0 aromatic carbocycles. The molecule has 0 bridgehead atoms. The van der Waals surface area contributed by atoms with E-state index in [1.54, 1.807) is 4.90 Å². The number of nitrogens with zero attached hydrogens (tertiary/aromatic N) is 3. The van der Waals surface area contributed by atoms with E-state index < -0.39 is 12.2 Å². The van der Waals surface area contributed by atoms with Crippen LogP contribution in [0.25, 0.3) is 0 Å². The lowest BCUT2D eigenvalue weighted by Gasteiger charge is -2.36. The fourth-order valence-corrected chi connectivity index (χ4v) is 3.42. The third-order valence-corrected chi connectivity index (χ3v) is 4.76. The summed E-state index contributed by atoms with van der Waals surface area (Å²) in [7, 11) is 0. The molecular formula is C17H28FN3O2. The summed E-state index contributed by atoms with van der Waals surface area (Å²) in [6.07, 6.45) is 3.94. The van der Waals surface area contributed by atoms with Gasteiger partial charge in [0.1, 0.15) is 11.4 Å². The van der Waals surface area contributed by atoms with Crippen LogP contribution in [0, 0.1) is 0 Å². The highest BCUT2D eigenvalue weighted by Crippen LogP contribution is 2.35. The number of amidine groups is 1. The summed E-state index contributed by atoms with van der Waals surface area (Å²) in [4.78, 5) is 33.1. The average Bonchev–Trinajstić information content (AvgIpc) is 2.78. The second-order valence-corrected chi connectivity index (χ2v) is 6.75. The monoisotopic (exact) mass is 325 g/mol. The molecule has 0 saturated carbocycles. The second kappa shape index (κ2) is 7.41. The van der Waals surface area contributed by atoms with Crippen LogP contribution in [0.5, 0.6) is 0 Å². The smallest absolute Gasteiger partial charge is 0.256 e. The summed E-state index contributed by atoms with van der Waals surface area (Å²) in [5.41, 5.74) is -0.695. The van der Waals surface area contributed by atoms with Gasteiger partial charge in [0.2, 0.25) is 5.91 Å². The molecule has 130 valence electrons. The fraction of sp³-hybridized carbons (Fsp3) is 0.824. The summed E-state index contributed by atoms with van der Waals surface area (Å²) in [5, 5.41) is 0. The number of carbonyl (C=O) groups excluding carboxylic acids is 2. The van der Waals surface area contributed by atoms with Gasteiger partial charge in [-0.2, -0.15) is 0 Å². The molecule has 5 nitrogen and oxygen atoms in total. The molecule has 2 aliphatic rings. The van der Waals surface area contributed by atoms with Crippen LogP contribution in [0.3, 0.4) is 0 Å². The zero-order valence-electron chi connectivity index (χ0n) is 14.5. The normalized spacial score (nSPS) is 20.6. The van der Waals surface area contributed by atoms with E-state index in [2.05, 4.69) is 6.92 Å². The van der Waals surface area contributed by atoms with Gasteiger partial charge in [-0.1, -0.05) is 13.3 Å². The minimum absolute atomic E-state index is 0.0654. The van der Waals surface area contributed by atoms with Gasteiger partial charge in [0.25, 0.3) is 5.91 Å². The van der Waals surface area contributed by atoms with E-state index in [1.165, 1.54) is 0 Å². The predicted octanol–water partition coefficient (Wildman–Crippen LogP) is 2.55. The van der Waals surface area contributed by atoms with Crippen molar-refractivity contribution in [2.45, 2.75) is 70.9 Å². The zero-order valence-corrected chi connectivity index (χ0v) is 14.5. The Balaban J connectivity index is 2.11. The van der Waals surface area contributed by atoms with E-state index in [1.807, 2.05) is 18.7 Å². The maximum absolute atomic E-state index is 12.9. The van der Waals surface area contributed by atoms with Crippen LogP contribution in [-0.4, -0.2) is 58.8 Å². The number of unbranched alkanes of at least 4 members (excludes halogenated alkanes) is 1. The number of hydrogen-bond acceptors (Lipinski definition) is 3. The number of alkyl halides is 1. The highest BCUT2D eigenvalue weighted by Gasteiger charge is 2.50. The van der Waals surface area contributed by atoms with E-state index in [9.17, 15) is 14.0 Å². The van der Waals surface area contributed by atoms with Crippen LogP contribution in [0.2, 0.25) is 0 Å². The van der Waals surface area contributed by atoms with Gasteiger partial charge in [-0.15, -0.1) is 0 Å². The summed E-state index contributed by atoms with van der Waals surface area (Å²) in [5.74, 6) is 0.815. The van der Waals surface area contributed by atoms with Crippen LogP contribution in [-0.2, 0) is 9.59 Å². The molecule has 1 saturated heterocycles. The van der Waals surface area contributed by atoms with Crippen molar-refractivity contribution in [1.82, 2.24) is 9.80 Å². The average molecular weight is 325 g/mol. The number of amides is 2. The molecule has 0 radical (unpaired) electrons. The summed E-state index contributed by atoms with van der Waals surface area (Å²) < 4.78 is 12.3. The lowest BCUT2D eigenvalue weighted by Crippen LogP contribution is -2.52. The van der Waals surface area contributed by atoms with Crippen LogP contribution in [0.1, 0.15) is 59.3 Å². The first-order valence-corrected chi connectivity index (χ1v) is 8.71. The molecule has 0 unspecified atom stereocenters. The number of halogens is 1. The maximum Gasteiger partial charge on any atom is 0.256 e. The van der Waals surface area contributed by atoms with Crippen LogP contribution >= 0.6 is 0 Å². The van der Waals surface area contributed by atoms with Crippen LogP contribution in [0.15, 0.2) is 4.99 Å². The summed E-state index contributed by atoms with van der Waals surface area (Å²) in [6.45, 7) is 6.50. The molecule has 0 aromatic rings. The van der Waals surface area contributed by atoms with Crippen molar-refractivity contribution in [3.63, 3.8) is 0 Å². The SMILES string of the molecule is CCCCC1=NC2(CCN(C(=O)CCF)CC2)C(=O)N1C(C)C. The fourth-order valence-electron chi connectivity index (χ4n) is 3.42. The molecular weight excluding hydrogens is 297 g/mol. The standard InChI is InChI=1S/C17H28FN3O2/c1-4-5-6-14-19-17(16(23)21(14)13(2)3)8-11-20(12-9-17)15(22)7-10-18/h13H,4-12H2,1-3H3. The van der Waals surface area contributed by atoms with E-state index in [0.717, 1.165) is 25.1 Å². The number of piperidine rings is 1. The quantitative estimate of drug-likeness (QED) is 0.753. The molecule has 23 heavy (non-hydrogen) atoms. The number of likely N-dealkylation sites (tertiary alicyclic amines) is 1. The van der Waals surface area contributed by atoms with E-state index in [-0.39, 0.29) is 24.3 Å². The van der Waals surface area contributed by atoms with E-state index in [0.29, 0.717) is 25.9 Å². The van der Waals surface area contributed by atoms with Crippen molar-refractivity contribution < 1.29 is 14.0 Å². The Morgan fingerprint density at radius 2 is 2.00 bits per heavy atom.